The van der Waals surface area contributed by atoms with Gasteiger partial charge in [0.15, 0.2) is 6.29 Å². The summed E-state index contributed by atoms with van der Waals surface area (Å²) in [5.74, 6) is 0.0483. The summed E-state index contributed by atoms with van der Waals surface area (Å²) in [6.45, 7) is -0.513. The number of methoxy groups -OCH3 is 1. The van der Waals surface area contributed by atoms with Crippen molar-refractivity contribution in [2.75, 3.05) is 19.5 Å². The Hall–Kier alpha value is -1.85. The van der Waals surface area contributed by atoms with Crippen LogP contribution >= 0.6 is 11.6 Å². The van der Waals surface area contributed by atoms with Gasteiger partial charge in [-0.3, -0.25) is 0 Å². The summed E-state index contributed by atoms with van der Waals surface area (Å²) in [6, 6.07) is 8.80. The third-order valence-electron chi connectivity index (χ3n) is 4.39. The molecule has 0 saturated carbocycles. The molecule has 5 atom stereocenters. The van der Waals surface area contributed by atoms with Gasteiger partial charge in [-0.15, -0.1) is 0 Å². The molecule has 2 heterocycles. The van der Waals surface area contributed by atoms with Gasteiger partial charge in [-0.25, -0.2) is 9.97 Å². The fourth-order valence-electron chi connectivity index (χ4n) is 3.01. The van der Waals surface area contributed by atoms with E-state index in [0.717, 1.165) is 5.56 Å². The van der Waals surface area contributed by atoms with E-state index in [1.165, 1.54) is 7.11 Å². The van der Waals surface area contributed by atoms with E-state index in [4.69, 9.17) is 31.5 Å². The number of ether oxygens (including phenoxy) is 3. The van der Waals surface area contributed by atoms with Gasteiger partial charge >= 0.3 is 0 Å². The van der Waals surface area contributed by atoms with E-state index in [9.17, 15) is 15.3 Å². The lowest BCUT2D eigenvalue weighted by Crippen LogP contribution is -2.59. The molecule has 2 aromatic rings. The van der Waals surface area contributed by atoms with Crippen molar-refractivity contribution >= 4 is 17.5 Å². The molecule has 152 valence electrons. The SMILES string of the molecule is CO[C@@H]1O[C@H](CO)[C@H](O)[C@H](OCc2cc(-c3cccc(Cl)c3)nc(N)n2)[C@H]1O. The van der Waals surface area contributed by atoms with E-state index in [-0.39, 0.29) is 12.6 Å². The van der Waals surface area contributed by atoms with Crippen molar-refractivity contribution in [1.29, 1.82) is 0 Å². The molecule has 9 nitrogen and oxygen atoms in total. The van der Waals surface area contributed by atoms with Crippen LogP contribution in [0.2, 0.25) is 5.02 Å². The van der Waals surface area contributed by atoms with Crippen molar-refractivity contribution in [2.24, 2.45) is 0 Å². The molecule has 10 heteroatoms. The third-order valence-corrected chi connectivity index (χ3v) is 4.63. The number of rotatable bonds is 6. The van der Waals surface area contributed by atoms with Crippen molar-refractivity contribution in [2.45, 2.75) is 37.3 Å². The predicted octanol–water partition coefficient (Wildman–Crippen LogP) is 0.350. The van der Waals surface area contributed by atoms with E-state index in [1.54, 1.807) is 24.3 Å². The van der Waals surface area contributed by atoms with Crippen molar-refractivity contribution in [3.05, 3.63) is 41.0 Å². The van der Waals surface area contributed by atoms with Gasteiger partial charge in [0.1, 0.15) is 24.4 Å². The number of benzene rings is 1. The largest absolute Gasteiger partial charge is 0.394 e. The molecule has 28 heavy (non-hydrogen) atoms. The molecule has 0 spiro atoms. The van der Waals surface area contributed by atoms with E-state index in [0.29, 0.717) is 16.4 Å². The zero-order valence-electron chi connectivity index (χ0n) is 15.1. The molecule has 1 aromatic heterocycles. The summed E-state index contributed by atoms with van der Waals surface area (Å²) in [6.07, 6.45) is -5.55. The second-order valence-electron chi connectivity index (χ2n) is 6.33. The number of hydrogen-bond donors (Lipinski definition) is 4. The number of nitrogens with zero attached hydrogens (tertiary/aromatic N) is 2. The van der Waals surface area contributed by atoms with E-state index in [2.05, 4.69) is 9.97 Å². The molecular formula is C18H22ClN3O6. The lowest BCUT2D eigenvalue weighted by atomic mass is 9.99. The van der Waals surface area contributed by atoms with E-state index >= 15 is 0 Å². The number of nitrogen functional groups attached to an aromatic ring is 1. The summed E-state index contributed by atoms with van der Waals surface area (Å²) in [5.41, 5.74) is 7.57. The van der Waals surface area contributed by atoms with Crippen LogP contribution in [0.5, 0.6) is 0 Å². The third kappa shape index (κ3) is 4.58. The highest BCUT2D eigenvalue weighted by Crippen LogP contribution is 2.26. The van der Waals surface area contributed by atoms with Crippen molar-refractivity contribution in [3.8, 4) is 11.3 Å². The molecule has 3 rings (SSSR count). The molecule has 5 N–H and O–H groups in total. The molecule has 1 aliphatic heterocycles. The van der Waals surface area contributed by atoms with Gasteiger partial charge in [0, 0.05) is 17.7 Å². The van der Waals surface area contributed by atoms with Crippen molar-refractivity contribution < 1.29 is 29.5 Å². The number of halogens is 1. The van der Waals surface area contributed by atoms with Gasteiger partial charge < -0.3 is 35.3 Å². The topological polar surface area (TPSA) is 140 Å². The Morgan fingerprint density at radius 2 is 2.00 bits per heavy atom. The monoisotopic (exact) mass is 411 g/mol. The minimum absolute atomic E-state index is 0.0483. The highest BCUT2D eigenvalue weighted by Gasteiger charge is 2.45. The smallest absolute Gasteiger partial charge is 0.220 e. The van der Waals surface area contributed by atoms with Crippen LogP contribution in [-0.2, 0) is 20.8 Å². The average molecular weight is 412 g/mol. The van der Waals surface area contributed by atoms with Gasteiger partial charge in [0.05, 0.1) is 24.6 Å². The Balaban J connectivity index is 1.78. The summed E-state index contributed by atoms with van der Waals surface area (Å²) < 4.78 is 16.0. The average Bonchev–Trinajstić information content (AvgIpc) is 2.68. The quantitative estimate of drug-likeness (QED) is 0.529. The van der Waals surface area contributed by atoms with Crippen molar-refractivity contribution in [3.63, 3.8) is 0 Å². The molecule has 0 unspecified atom stereocenters. The molecule has 1 aromatic carbocycles. The normalized spacial score (nSPS) is 27.7. The minimum atomic E-state index is -1.26. The number of aromatic nitrogens is 2. The Labute approximate surface area is 166 Å². The molecule has 0 radical (unpaired) electrons. The van der Waals surface area contributed by atoms with E-state index in [1.807, 2.05) is 6.07 Å². The number of aliphatic hydroxyl groups excluding tert-OH is 3. The summed E-state index contributed by atoms with van der Waals surface area (Å²) in [4.78, 5) is 8.33. The van der Waals surface area contributed by atoms with Gasteiger partial charge in [0.2, 0.25) is 5.95 Å². The Morgan fingerprint density at radius 3 is 2.68 bits per heavy atom. The van der Waals surface area contributed by atoms with Crippen LogP contribution in [0.25, 0.3) is 11.3 Å². The lowest BCUT2D eigenvalue weighted by molar-refractivity contribution is -0.303. The second-order valence-corrected chi connectivity index (χ2v) is 6.77. The summed E-state index contributed by atoms with van der Waals surface area (Å²) >= 11 is 6.02. The fraction of sp³-hybridized carbons (Fsp3) is 0.444. The molecule has 1 fully saturated rings. The molecule has 1 saturated heterocycles. The maximum absolute atomic E-state index is 10.3. The Morgan fingerprint density at radius 1 is 1.21 bits per heavy atom. The van der Waals surface area contributed by atoms with E-state index < -0.39 is 37.3 Å². The molecule has 0 bridgehead atoms. The first kappa shape index (κ1) is 20.9. The molecule has 0 amide bonds. The van der Waals surface area contributed by atoms with Crippen LogP contribution in [0.15, 0.2) is 30.3 Å². The van der Waals surface area contributed by atoms with Crippen LogP contribution in [0.3, 0.4) is 0 Å². The standard InChI is InChI=1S/C18H22ClN3O6/c1-26-17-15(25)16(14(24)13(7-23)28-17)27-8-11-6-12(22-18(20)21-11)9-3-2-4-10(19)5-9/h2-6,13-17,23-25H,7-8H2,1H3,(H2,20,21,22)/t13-,14+,15-,16+,17-/m1/s1. The van der Waals surface area contributed by atoms with Gasteiger partial charge in [0.25, 0.3) is 0 Å². The molecule has 0 aliphatic carbocycles. The van der Waals surface area contributed by atoms with Gasteiger partial charge in [-0.05, 0) is 18.2 Å². The minimum Gasteiger partial charge on any atom is -0.394 e. The Bertz CT molecular complexity index is 795. The number of anilines is 1. The maximum Gasteiger partial charge on any atom is 0.220 e. The van der Waals surface area contributed by atoms with Crippen LogP contribution in [0, 0.1) is 0 Å². The predicted molar refractivity (Wildman–Crippen MR) is 100 cm³/mol. The Kier molecular flexibility index (Phi) is 6.78. The molecule has 1 aliphatic rings. The molecular weight excluding hydrogens is 390 g/mol. The van der Waals surface area contributed by atoms with Crippen LogP contribution < -0.4 is 5.73 Å². The highest BCUT2D eigenvalue weighted by atomic mass is 35.5. The van der Waals surface area contributed by atoms with Crippen LogP contribution in [0.4, 0.5) is 5.95 Å². The van der Waals surface area contributed by atoms with Crippen LogP contribution in [0.1, 0.15) is 5.69 Å². The lowest BCUT2D eigenvalue weighted by Gasteiger charge is -2.41. The zero-order chi connectivity index (χ0) is 20.3. The number of nitrogens with two attached hydrogens (primary N) is 1. The first-order valence-electron chi connectivity index (χ1n) is 8.59. The van der Waals surface area contributed by atoms with Gasteiger partial charge in [-0.2, -0.15) is 0 Å². The highest BCUT2D eigenvalue weighted by molar-refractivity contribution is 6.30. The first-order valence-corrected chi connectivity index (χ1v) is 8.97. The zero-order valence-corrected chi connectivity index (χ0v) is 15.9. The summed E-state index contributed by atoms with van der Waals surface area (Å²) in [5, 5.41) is 30.5. The number of hydrogen-bond acceptors (Lipinski definition) is 9. The number of aliphatic hydroxyl groups is 3. The van der Waals surface area contributed by atoms with Crippen LogP contribution in [-0.4, -0.2) is 69.7 Å². The van der Waals surface area contributed by atoms with Gasteiger partial charge in [-0.1, -0.05) is 23.7 Å². The summed E-state index contributed by atoms with van der Waals surface area (Å²) in [7, 11) is 1.35. The second kappa shape index (κ2) is 9.10. The fourth-order valence-corrected chi connectivity index (χ4v) is 3.20. The maximum atomic E-state index is 10.3. The van der Waals surface area contributed by atoms with Crippen molar-refractivity contribution in [1.82, 2.24) is 9.97 Å². The first-order chi connectivity index (χ1) is 13.4.